The van der Waals surface area contributed by atoms with Gasteiger partial charge in [-0.15, -0.1) is 23.1 Å². The first-order valence-corrected chi connectivity index (χ1v) is 11.7. The lowest BCUT2D eigenvalue weighted by molar-refractivity contribution is -0.150. The van der Waals surface area contributed by atoms with Crippen LogP contribution in [-0.4, -0.2) is 84.8 Å². The van der Waals surface area contributed by atoms with Gasteiger partial charge in [-0.3, -0.25) is 19.3 Å². The minimum Gasteiger partial charge on any atom is -0.477 e. The van der Waals surface area contributed by atoms with Gasteiger partial charge in [-0.25, -0.2) is 9.78 Å². The fourth-order valence-corrected chi connectivity index (χ4v) is 5.67. The third kappa shape index (κ3) is 3.97. The van der Waals surface area contributed by atoms with Gasteiger partial charge in [-0.05, 0) is 18.1 Å². The second kappa shape index (κ2) is 9.15. The van der Waals surface area contributed by atoms with Gasteiger partial charge in [0.1, 0.15) is 29.4 Å². The van der Waals surface area contributed by atoms with Crippen molar-refractivity contribution in [1.82, 2.24) is 20.1 Å². The summed E-state index contributed by atoms with van der Waals surface area (Å²) in [4.78, 5) is 56.1. The van der Waals surface area contributed by atoms with E-state index in [2.05, 4.69) is 15.5 Å². The number of β-lactam (4-membered cyclic amide) rings is 1. The molecule has 3 aliphatic rings. The first-order valence-electron chi connectivity index (χ1n) is 9.79. The van der Waals surface area contributed by atoms with Crippen molar-refractivity contribution in [2.45, 2.75) is 17.8 Å². The van der Waals surface area contributed by atoms with Crippen LogP contribution in [0.15, 0.2) is 33.5 Å². The molecule has 15 heteroatoms. The predicted octanol–water partition coefficient (Wildman–Crippen LogP) is -0.676. The Morgan fingerprint density at radius 3 is 2.82 bits per heavy atom. The first-order chi connectivity index (χ1) is 16.3. The van der Waals surface area contributed by atoms with Gasteiger partial charge in [-0.2, -0.15) is 5.26 Å². The number of amides is 3. The van der Waals surface area contributed by atoms with Crippen LogP contribution in [0.5, 0.6) is 0 Å². The zero-order valence-corrected chi connectivity index (χ0v) is 18.9. The Kier molecular flexibility index (Phi) is 6.26. The molecule has 3 amide bonds. The molecule has 0 radical (unpaired) electrons. The summed E-state index contributed by atoms with van der Waals surface area (Å²) in [6.45, 7) is 0.302. The summed E-state index contributed by atoms with van der Waals surface area (Å²) in [7, 11) is 0. The highest BCUT2D eigenvalue weighted by Crippen LogP contribution is 2.41. The van der Waals surface area contributed by atoms with Gasteiger partial charge in [0.25, 0.3) is 17.7 Å². The molecule has 2 saturated heterocycles. The fourth-order valence-electron chi connectivity index (χ4n) is 3.82. The molecule has 0 bridgehead atoms. The average Bonchev–Trinajstić information content (AvgIpc) is 3.38. The Bertz CT molecular complexity index is 1230. The zero-order chi connectivity index (χ0) is 24.6. The van der Waals surface area contributed by atoms with Crippen molar-refractivity contribution < 1.29 is 29.5 Å². The van der Waals surface area contributed by atoms with Gasteiger partial charge >= 0.3 is 5.97 Å². The number of aromatic nitrogens is 1. The monoisotopic (exact) mass is 503 g/mol. The van der Waals surface area contributed by atoms with Crippen LogP contribution in [0.2, 0.25) is 0 Å². The van der Waals surface area contributed by atoms with Gasteiger partial charge in [0.15, 0.2) is 10.8 Å². The van der Waals surface area contributed by atoms with Crippen molar-refractivity contribution in [3.63, 3.8) is 0 Å². The number of fused-ring (bicyclic) bond motifs is 1. The predicted molar refractivity (Wildman–Crippen MR) is 119 cm³/mol. The molecule has 1 aromatic heterocycles. The normalized spacial score (nSPS) is 23.6. The van der Waals surface area contributed by atoms with E-state index in [0.29, 0.717) is 24.1 Å². The number of carboxylic acids is 1. The molecular weight excluding hydrogens is 486 g/mol. The van der Waals surface area contributed by atoms with Crippen LogP contribution in [0.3, 0.4) is 0 Å². The number of oxime groups is 1. The van der Waals surface area contributed by atoms with E-state index in [1.807, 2.05) is 6.07 Å². The third-order valence-electron chi connectivity index (χ3n) is 5.39. The number of rotatable bonds is 6. The summed E-state index contributed by atoms with van der Waals surface area (Å²) in [5.41, 5.74) is 5.55. The average molecular weight is 504 g/mol. The summed E-state index contributed by atoms with van der Waals surface area (Å²) < 4.78 is 0. The Hall–Kier alpha value is -3.90. The number of likely N-dealkylation sites (tertiary alicyclic amines) is 1. The molecule has 1 aromatic rings. The molecule has 0 aliphatic carbocycles. The molecule has 3 aliphatic heterocycles. The number of aliphatic carboxylic acids is 1. The number of carboxylic acid groups (broad SMARTS) is 1. The number of nitrogen functional groups attached to an aromatic ring is 1. The maximum Gasteiger partial charge on any atom is 0.352 e. The van der Waals surface area contributed by atoms with E-state index >= 15 is 0 Å². The Morgan fingerprint density at radius 2 is 2.21 bits per heavy atom. The standard InChI is InChI=1S/C19H17N7O6S2/c20-2-4-25-3-1-8(15(25)28)5-9-6-33-17-12(16(29)26(17)13(9)18(30)31)23-14(27)11(24-32)10-7-34-19(21)22-10/h5,7,12,17,32H,1,3-4,6H2,(H2,21,22)(H,23,27)(H,30,31)/t12-,17-/m1/s1. The van der Waals surface area contributed by atoms with Crippen LogP contribution >= 0.6 is 23.1 Å². The second-order valence-corrected chi connectivity index (χ2v) is 9.36. The molecule has 4 heterocycles. The number of carbonyl (C=O) groups is 4. The number of anilines is 1. The Balaban J connectivity index is 1.54. The number of nitrogens with one attached hydrogen (secondary N) is 1. The summed E-state index contributed by atoms with van der Waals surface area (Å²) in [6.07, 6.45) is 1.83. The SMILES string of the molecule is N#CCN1CCC(=CC2=C(C(=O)O)N3C(=O)[C@@H](NC(=O)C(=NO)c4csc(N)n4)[C@H]3SC2)C1=O. The van der Waals surface area contributed by atoms with E-state index in [-0.39, 0.29) is 34.7 Å². The van der Waals surface area contributed by atoms with E-state index in [0.717, 1.165) is 16.2 Å². The van der Waals surface area contributed by atoms with Crippen LogP contribution < -0.4 is 11.1 Å². The number of nitrogens with two attached hydrogens (primary N) is 1. The van der Waals surface area contributed by atoms with Gasteiger partial charge in [-0.1, -0.05) is 5.16 Å². The summed E-state index contributed by atoms with van der Waals surface area (Å²) in [6, 6.07) is 0.862. The van der Waals surface area contributed by atoms with E-state index < -0.39 is 34.9 Å². The van der Waals surface area contributed by atoms with Crippen molar-refractivity contribution in [3.05, 3.63) is 34.0 Å². The molecule has 34 heavy (non-hydrogen) atoms. The van der Waals surface area contributed by atoms with Crippen LogP contribution in [0, 0.1) is 11.3 Å². The number of nitriles is 1. The molecule has 13 nitrogen and oxygen atoms in total. The number of thiazole rings is 1. The molecule has 4 rings (SSSR count). The zero-order valence-electron chi connectivity index (χ0n) is 17.3. The van der Waals surface area contributed by atoms with Crippen molar-refractivity contribution in [1.29, 1.82) is 5.26 Å². The fraction of sp³-hybridized carbons (Fsp3) is 0.316. The Morgan fingerprint density at radius 1 is 1.44 bits per heavy atom. The van der Waals surface area contributed by atoms with Gasteiger partial charge < -0.3 is 26.3 Å². The highest BCUT2D eigenvalue weighted by molar-refractivity contribution is 8.00. The minimum absolute atomic E-state index is 0.0362. The maximum atomic E-state index is 12.8. The number of thioether (sulfide) groups is 1. The van der Waals surface area contributed by atoms with Crippen molar-refractivity contribution in [3.8, 4) is 6.07 Å². The highest BCUT2D eigenvalue weighted by Gasteiger charge is 2.54. The highest BCUT2D eigenvalue weighted by atomic mass is 32.2. The molecule has 2 atom stereocenters. The lowest BCUT2D eigenvalue weighted by atomic mass is 10.0. The lowest BCUT2D eigenvalue weighted by Gasteiger charge is -2.49. The van der Waals surface area contributed by atoms with E-state index in [1.54, 1.807) is 0 Å². The third-order valence-corrected chi connectivity index (χ3v) is 7.37. The number of allylic oxidation sites excluding steroid dienone is 1. The molecule has 176 valence electrons. The number of carbonyl (C=O) groups excluding carboxylic acids is 3. The van der Waals surface area contributed by atoms with Crippen LogP contribution in [0.1, 0.15) is 12.1 Å². The minimum atomic E-state index is -1.34. The molecule has 2 fully saturated rings. The smallest absolute Gasteiger partial charge is 0.352 e. The summed E-state index contributed by atoms with van der Waals surface area (Å²) in [5, 5.41) is 34.1. The van der Waals surface area contributed by atoms with Crippen molar-refractivity contribution in [2.24, 2.45) is 5.16 Å². The summed E-state index contributed by atoms with van der Waals surface area (Å²) in [5.74, 6) is -3.03. The lowest BCUT2D eigenvalue weighted by Crippen LogP contribution is -2.71. The molecule has 0 unspecified atom stereocenters. The van der Waals surface area contributed by atoms with Crippen LogP contribution in [0.4, 0.5) is 5.13 Å². The van der Waals surface area contributed by atoms with E-state index in [9.17, 15) is 29.5 Å². The molecule has 0 spiro atoms. The second-order valence-electron chi connectivity index (χ2n) is 7.36. The summed E-state index contributed by atoms with van der Waals surface area (Å²) >= 11 is 2.26. The molecular formula is C19H17N7O6S2. The Labute approximate surface area is 200 Å². The molecule has 0 aromatic carbocycles. The largest absolute Gasteiger partial charge is 0.477 e. The van der Waals surface area contributed by atoms with Crippen LogP contribution in [0.25, 0.3) is 0 Å². The number of nitrogens with zero attached hydrogens (tertiary/aromatic N) is 5. The van der Waals surface area contributed by atoms with Gasteiger partial charge in [0, 0.05) is 23.3 Å². The number of hydrogen-bond acceptors (Lipinski definition) is 11. The van der Waals surface area contributed by atoms with Crippen LogP contribution in [-0.2, 0) is 19.2 Å². The maximum absolute atomic E-state index is 12.8. The number of hydrogen-bond donors (Lipinski definition) is 4. The van der Waals surface area contributed by atoms with E-state index in [4.69, 9.17) is 11.0 Å². The van der Waals surface area contributed by atoms with Gasteiger partial charge in [0.05, 0.1) is 6.07 Å². The van der Waals surface area contributed by atoms with Crippen molar-refractivity contribution in [2.75, 3.05) is 24.6 Å². The van der Waals surface area contributed by atoms with Gasteiger partial charge in [0.2, 0.25) is 0 Å². The molecule has 5 N–H and O–H groups in total. The quantitative estimate of drug-likeness (QED) is 0.0962. The van der Waals surface area contributed by atoms with Crippen molar-refractivity contribution >= 4 is 57.6 Å². The molecule has 0 saturated carbocycles. The topological polar surface area (TPSA) is 202 Å². The first kappa shape index (κ1) is 23.3. The van der Waals surface area contributed by atoms with E-state index in [1.165, 1.54) is 28.1 Å².